The molecule has 0 radical (unpaired) electrons. The van der Waals surface area contributed by atoms with Crippen molar-refractivity contribution in [3.8, 4) is 11.5 Å². The van der Waals surface area contributed by atoms with Crippen LogP contribution in [0.2, 0.25) is 0 Å². The quantitative estimate of drug-likeness (QED) is 0.893. The summed E-state index contributed by atoms with van der Waals surface area (Å²) >= 11 is 0. The van der Waals surface area contributed by atoms with Crippen LogP contribution in [0.5, 0.6) is 11.5 Å². The zero-order valence-corrected chi connectivity index (χ0v) is 15.8. The van der Waals surface area contributed by atoms with Gasteiger partial charge in [-0.15, -0.1) is 5.10 Å². The second-order valence-corrected chi connectivity index (χ2v) is 7.12. The lowest BCUT2D eigenvalue weighted by molar-refractivity contribution is 0.0832. The highest BCUT2D eigenvalue weighted by atomic mass is 16.5. The van der Waals surface area contributed by atoms with Crippen LogP contribution in [0.25, 0.3) is 0 Å². The SMILES string of the molecule is COc1ccc2c(c1)OC(C)(C)CN(C(=O)Nc1cc(C)c(C)nn1)C2. The molecule has 1 aromatic carbocycles. The van der Waals surface area contributed by atoms with Gasteiger partial charge in [0.25, 0.3) is 0 Å². The Bertz CT molecular complexity index is 836. The highest BCUT2D eigenvalue weighted by Gasteiger charge is 2.32. The van der Waals surface area contributed by atoms with Gasteiger partial charge in [-0.25, -0.2) is 4.79 Å². The van der Waals surface area contributed by atoms with Gasteiger partial charge in [0.15, 0.2) is 5.82 Å². The molecule has 3 rings (SSSR count). The molecule has 2 heterocycles. The summed E-state index contributed by atoms with van der Waals surface area (Å²) in [6.07, 6.45) is 0. The van der Waals surface area contributed by atoms with Gasteiger partial charge in [0.1, 0.15) is 17.1 Å². The topological polar surface area (TPSA) is 76.6 Å². The Morgan fingerprint density at radius 1 is 1.27 bits per heavy atom. The minimum absolute atomic E-state index is 0.233. The number of rotatable bonds is 2. The zero-order valence-electron chi connectivity index (χ0n) is 15.8. The van der Waals surface area contributed by atoms with E-state index in [1.165, 1.54) is 0 Å². The van der Waals surface area contributed by atoms with Gasteiger partial charge in [0, 0.05) is 11.6 Å². The van der Waals surface area contributed by atoms with E-state index < -0.39 is 5.60 Å². The molecular formula is C19H24N4O3. The fraction of sp³-hybridized carbons (Fsp3) is 0.421. The van der Waals surface area contributed by atoms with Crippen LogP contribution in [0.3, 0.4) is 0 Å². The molecule has 7 heteroatoms. The lowest BCUT2D eigenvalue weighted by Gasteiger charge is -2.29. The number of aryl methyl sites for hydroxylation is 2. The molecule has 1 N–H and O–H groups in total. The number of nitrogens with one attached hydrogen (secondary N) is 1. The average Bonchev–Trinajstić information content (AvgIpc) is 2.72. The Kier molecular flexibility index (Phi) is 4.71. The van der Waals surface area contributed by atoms with Gasteiger partial charge >= 0.3 is 6.03 Å². The summed E-state index contributed by atoms with van der Waals surface area (Å²) in [6, 6.07) is 7.23. The number of anilines is 1. The fourth-order valence-electron chi connectivity index (χ4n) is 2.88. The molecule has 2 amide bonds. The first-order valence-electron chi connectivity index (χ1n) is 8.50. The van der Waals surface area contributed by atoms with Crippen molar-refractivity contribution in [3.63, 3.8) is 0 Å². The lowest BCUT2D eigenvalue weighted by atomic mass is 10.1. The number of hydrogen-bond acceptors (Lipinski definition) is 5. The highest BCUT2D eigenvalue weighted by Crippen LogP contribution is 2.32. The van der Waals surface area contributed by atoms with Gasteiger partial charge in [0.2, 0.25) is 0 Å². The molecule has 138 valence electrons. The van der Waals surface area contributed by atoms with Crippen molar-refractivity contribution in [1.29, 1.82) is 0 Å². The Balaban J connectivity index is 1.84. The smallest absolute Gasteiger partial charge is 0.323 e. The van der Waals surface area contributed by atoms with E-state index in [2.05, 4.69) is 15.5 Å². The Hall–Kier alpha value is -2.83. The molecule has 0 unspecified atom stereocenters. The fourth-order valence-corrected chi connectivity index (χ4v) is 2.88. The number of urea groups is 1. The highest BCUT2D eigenvalue weighted by molar-refractivity contribution is 5.88. The third-order valence-corrected chi connectivity index (χ3v) is 4.35. The molecule has 0 aliphatic carbocycles. The van der Waals surface area contributed by atoms with Gasteiger partial charge in [-0.05, 0) is 51.5 Å². The van der Waals surface area contributed by atoms with Crippen LogP contribution in [0.1, 0.15) is 30.7 Å². The number of carbonyl (C=O) groups excluding carboxylic acids is 1. The number of aromatic nitrogens is 2. The second kappa shape index (κ2) is 6.82. The molecule has 26 heavy (non-hydrogen) atoms. The summed E-state index contributed by atoms with van der Waals surface area (Å²) in [5.41, 5.74) is 2.21. The molecule has 0 spiro atoms. The van der Waals surface area contributed by atoms with Crippen LogP contribution >= 0.6 is 0 Å². The number of ether oxygens (including phenoxy) is 2. The van der Waals surface area contributed by atoms with E-state index in [0.29, 0.717) is 18.9 Å². The molecule has 7 nitrogen and oxygen atoms in total. The van der Waals surface area contributed by atoms with E-state index in [-0.39, 0.29) is 6.03 Å². The molecule has 0 bridgehead atoms. The Morgan fingerprint density at radius 2 is 2.04 bits per heavy atom. The van der Waals surface area contributed by atoms with Gasteiger partial charge in [-0.3, -0.25) is 5.32 Å². The van der Waals surface area contributed by atoms with E-state index in [9.17, 15) is 4.79 Å². The molecule has 2 aromatic rings. The van der Waals surface area contributed by atoms with Crippen molar-refractivity contribution >= 4 is 11.8 Å². The molecule has 0 fully saturated rings. The van der Waals surface area contributed by atoms with Crippen molar-refractivity contribution in [2.75, 3.05) is 19.0 Å². The molecule has 1 aromatic heterocycles. The molecule has 0 saturated carbocycles. The zero-order chi connectivity index (χ0) is 18.9. The summed E-state index contributed by atoms with van der Waals surface area (Å²) in [7, 11) is 1.62. The average molecular weight is 356 g/mol. The molecule has 0 atom stereocenters. The van der Waals surface area contributed by atoms with Gasteiger partial charge in [-0.1, -0.05) is 0 Å². The minimum Gasteiger partial charge on any atom is -0.497 e. The third kappa shape index (κ3) is 3.87. The van der Waals surface area contributed by atoms with Crippen molar-refractivity contribution in [1.82, 2.24) is 15.1 Å². The maximum atomic E-state index is 12.8. The summed E-state index contributed by atoms with van der Waals surface area (Å²) in [5.74, 6) is 1.90. The van der Waals surface area contributed by atoms with Crippen molar-refractivity contribution in [2.45, 2.75) is 39.8 Å². The monoisotopic (exact) mass is 356 g/mol. The summed E-state index contributed by atoms with van der Waals surface area (Å²) in [5, 5.41) is 10.9. The van der Waals surface area contributed by atoms with Crippen LogP contribution in [0.4, 0.5) is 10.6 Å². The number of carbonyl (C=O) groups is 1. The van der Waals surface area contributed by atoms with E-state index in [1.807, 2.05) is 52.0 Å². The number of methoxy groups -OCH3 is 1. The second-order valence-electron chi connectivity index (χ2n) is 7.12. The van der Waals surface area contributed by atoms with Crippen LogP contribution < -0.4 is 14.8 Å². The number of nitrogens with zero attached hydrogens (tertiary/aromatic N) is 3. The summed E-state index contributed by atoms with van der Waals surface area (Å²) < 4.78 is 11.4. The maximum Gasteiger partial charge on any atom is 0.323 e. The standard InChI is InChI=1S/C19H24N4O3/c1-12-8-17(22-21-13(12)2)20-18(24)23-10-14-6-7-15(25-5)9-16(14)26-19(3,4)11-23/h6-9H,10-11H2,1-5H3,(H,20,22,24). The van der Waals surface area contributed by atoms with E-state index in [1.54, 1.807) is 12.0 Å². The van der Waals surface area contributed by atoms with Gasteiger partial charge < -0.3 is 14.4 Å². The molecule has 0 saturated heterocycles. The number of hydrogen-bond donors (Lipinski definition) is 1. The van der Waals surface area contributed by atoms with E-state index >= 15 is 0 Å². The first kappa shape index (κ1) is 18.0. The molecule has 1 aliphatic rings. The Labute approximate surface area is 153 Å². The third-order valence-electron chi connectivity index (χ3n) is 4.35. The van der Waals surface area contributed by atoms with Crippen molar-refractivity contribution in [2.24, 2.45) is 0 Å². The van der Waals surface area contributed by atoms with Crippen molar-refractivity contribution in [3.05, 3.63) is 41.1 Å². The van der Waals surface area contributed by atoms with Gasteiger partial charge in [-0.2, -0.15) is 5.10 Å². The molecule has 1 aliphatic heterocycles. The van der Waals surface area contributed by atoms with Crippen LogP contribution in [0.15, 0.2) is 24.3 Å². The van der Waals surface area contributed by atoms with Crippen LogP contribution in [-0.2, 0) is 6.54 Å². The predicted molar refractivity (Wildman–Crippen MR) is 98.6 cm³/mol. The van der Waals surface area contributed by atoms with E-state index in [4.69, 9.17) is 9.47 Å². The number of benzene rings is 1. The number of fused-ring (bicyclic) bond motifs is 1. The van der Waals surface area contributed by atoms with Gasteiger partial charge in [0.05, 0.1) is 25.9 Å². The van der Waals surface area contributed by atoms with Crippen LogP contribution in [0, 0.1) is 13.8 Å². The molecular weight excluding hydrogens is 332 g/mol. The van der Waals surface area contributed by atoms with E-state index in [0.717, 1.165) is 28.3 Å². The summed E-state index contributed by atoms with van der Waals surface area (Å²) in [6.45, 7) is 8.61. The van der Waals surface area contributed by atoms with Crippen molar-refractivity contribution < 1.29 is 14.3 Å². The predicted octanol–water partition coefficient (Wildman–Crippen LogP) is 3.31. The maximum absolute atomic E-state index is 12.8. The van der Waals surface area contributed by atoms with Crippen LogP contribution in [-0.4, -0.2) is 40.4 Å². The first-order valence-corrected chi connectivity index (χ1v) is 8.50. The first-order chi connectivity index (χ1) is 12.3. The minimum atomic E-state index is -0.538. The largest absolute Gasteiger partial charge is 0.497 e. The Morgan fingerprint density at radius 3 is 2.73 bits per heavy atom. The number of amides is 2. The normalized spacial score (nSPS) is 15.5. The lowest BCUT2D eigenvalue weighted by Crippen LogP contribution is -2.45. The summed E-state index contributed by atoms with van der Waals surface area (Å²) in [4.78, 5) is 14.5.